The van der Waals surface area contributed by atoms with Gasteiger partial charge in [0.05, 0.1) is 0 Å². The summed E-state index contributed by atoms with van der Waals surface area (Å²) in [6, 6.07) is 0. The van der Waals surface area contributed by atoms with Crippen LogP contribution in [-0.2, 0) is 0 Å². The highest BCUT2D eigenvalue weighted by atomic mass is 14.3. The maximum Gasteiger partial charge on any atom is -0.0205 e. The van der Waals surface area contributed by atoms with Crippen molar-refractivity contribution in [3.05, 3.63) is 12.2 Å². The van der Waals surface area contributed by atoms with E-state index in [0.717, 1.165) is 11.8 Å². The van der Waals surface area contributed by atoms with Gasteiger partial charge in [0.15, 0.2) is 0 Å². The topological polar surface area (TPSA) is 0 Å². The van der Waals surface area contributed by atoms with Gasteiger partial charge in [-0.2, -0.15) is 0 Å². The molecule has 0 spiro atoms. The second-order valence-corrected chi connectivity index (χ2v) is 6.48. The number of unbranched alkanes of at least 4 members (excludes halogenated alkanes) is 7. The Kier molecular flexibility index (Phi) is 10.2. The van der Waals surface area contributed by atoms with Crippen LogP contribution in [0.5, 0.6) is 0 Å². The Labute approximate surface area is 122 Å². The number of allylic oxidation sites excluding steroid dienone is 2. The van der Waals surface area contributed by atoms with Crippen LogP contribution >= 0.6 is 0 Å². The quantitative estimate of drug-likeness (QED) is 0.281. The van der Waals surface area contributed by atoms with Crippen LogP contribution in [0.3, 0.4) is 0 Å². The molecule has 1 rings (SSSR count). The van der Waals surface area contributed by atoms with Gasteiger partial charge in [-0.3, -0.25) is 0 Å². The monoisotopic (exact) mass is 264 g/mol. The van der Waals surface area contributed by atoms with E-state index >= 15 is 0 Å². The molecule has 0 aromatic heterocycles. The normalized spacial score (nSPS) is 23.5. The molecule has 2 atom stereocenters. The fraction of sp³-hybridized carbons (Fsp3) is 0.895. The van der Waals surface area contributed by atoms with Gasteiger partial charge in [-0.25, -0.2) is 0 Å². The van der Waals surface area contributed by atoms with Crippen molar-refractivity contribution in [3.63, 3.8) is 0 Å². The molecule has 1 aliphatic carbocycles. The molecule has 0 N–H and O–H groups in total. The summed E-state index contributed by atoms with van der Waals surface area (Å²) < 4.78 is 0. The second-order valence-electron chi connectivity index (χ2n) is 6.48. The van der Waals surface area contributed by atoms with Gasteiger partial charge in [-0.15, -0.1) is 0 Å². The average Bonchev–Trinajstić information content (AvgIpc) is 2.86. The van der Waals surface area contributed by atoms with E-state index in [1.165, 1.54) is 83.5 Å². The van der Waals surface area contributed by atoms with Crippen LogP contribution in [0.25, 0.3) is 0 Å². The van der Waals surface area contributed by atoms with E-state index in [1.54, 1.807) is 0 Å². The third-order valence-electron chi connectivity index (χ3n) is 4.75. The van der Waals surface area contributed by atoms with Gasteiger partial charge in [-0.05, 0) is 43.9 Å². The summed E-state index contributed by atoms with van der Waals surface area (Å²) in [5, 5.41) is 0. The molecule has 0 aromatic carbocycles. The third kappa shape index (κ3) is 7.80. The number of hydrogen-bond donors (Lipinski definition) is 0. The van der Waals surface area contributed by atoms with Gasteiger partial charge in [0, 0.05) is 0 Å². The average molecular weight is 264 g/mol. The van der Waals surface area contributed by atoms with E-state index in [1.807, 2.05) is 0 Å². The minimum Gasteiger partial charge on any atom is -0.0882 e. The smallest absolute Gasteiger partial charge is 0.0205 e. The predicted octanol–water partition coefficient (Wildman–Crippen LogP) is 6.90. The van der Waals surface area contributed by atoms with Crippen molar-refractivity contribution in [1.82, 2.24) is 0 Å². The zero-order valence-electron chi connectivity index (χ0n) is 13.5. The van der Waals surface area contributed by atoms with Crippen LogP contribution in [-0.4, -0.2) is 0 Å². The van der Waals surface area contributed by atoms with Gasteiger partial charge >= 0.3 is 0 Å². The van der Waals surface area contributed by atoms with E-state index in [2.05, 4.69) is 26.0 Å². The van der Waals surface area contributed by atoms with Crippen molar-refractivity contribution in [2.75, 3.05) is 0 Å². The highest BCUT2D eigenvalue weighted by Crippen LogP contribution is 2.36. The van der Waals surface area contributed by atoms with E-state index < -0.39 is 0 Å². The summed E-state index contributed by atoms with van der Waals surface area (Å²) in [6.07, 6.45) is 23.6. The van der Waals surface area contributed by atoms with Crippen molar-refractivity contribution in [2.45, 2.75) is 97.3 Å². The largest absolute Gasteiger partial charge is 0.0882 e. The minimum atomic E-state index is 0.924. The number of hydrogen-bond acceptors (Lipinski definition) is 0. The summed E-state index contributed by atoms with van der Waals surface area (Å²) in [7, 11) is 0. The van der Waals surface area contributed by atoms with Crippen LogP contribution in [0.15, 0.2) is 12.2 Å². The van der Waals surface area contributed by atoms with E-state index in [9.17, 15) is 0 Å². The molecule has 0 heterocycles. The van der Waals surface area contributed by atoms with Crippen LogP contribution < -0.4 is 0 Å². The summed E-state index contributed by atoms with van der Waals surface area (Å²) in [5.41, 5.74) is 0. The predicted molar refractivity (Wildman–Crippen MR) is 87.5 cm³/mol. The Morgan fingerprint density at radius 3 is 2.37 bits per heavy atom. The first-order valence-corrected chi connectivity index (χ1v) is 9.05. The van der Waals surface area contributed by atoms with Gasteiger partial charge in [0.1, 0.15) is 0 Å². The lowest BCUT2D eigenvalue weighted by molar-refractivity contribution is 0.402. The Bertz CT molecular complexity index is 216. The third-order valence-corrected chi connectivity index (χ3v) is 4.75. The maximum atomic E-state index is 2.57. The molecule has 0 radical (unpaired) electrons. The molecular formula is C19H36. The molecule has 0 aliphatic heterocycles. The summed E-state index contributed by atoms with van der Waals surface area (Å²) in [5.74, 6) is 1.94. The Hall–Kier alpha value is -0.260. The molecule has 0 heteroatoms. The second kappa shape index (κ2) is 11.6. The fourth-order valence-corrected chi connectivity index (χ4v) is 3.47. The molecule has 0 bridgehead atoms. The minimum absolute atomic E-state index is 0.924. The first-order chi connectivity index (χ1) is 9.38. The number of rotatable bonds is 11. The van der Waals surface area contributed by atoms with Crippen molar-refractivity contribution >= 4 is 0 Å². The Morgan fingerprint density at radius 2 is 1.58 bits per heavy atom. The zero-order valence-corrected chi connectivity index (χ0v) is 13.5. The van der Waals surface area contributed by atoms with Crippen LogP contribution in [0.4, 0.5) is 0 Å². The fourth-order valence-electron chi connectivity index (χ4n) is 3.47. The Balaban J connectivity index is 2.11. The summed E-state index contributed by atoms with van der Waals surface area (Å²) in [6.45, 7) is 4.59. The van der Waals surface area contributed by atoms with Gasteiger partial charge < -0.3 is 0 Å². The SMILES string of the molecule is CCCCCC=C[C@H]1CCC[C@@H]1CCCCCCC. The standard InChI is InChI=1S/C19H36/c1-3-5-7-9-11-14-18-16-13-17-19(18)15-12-10-8-6-4-2/h11,14,18-19H,3-10,12-13,15-17H2,1-2H3/t18-,19-/m0/s1. The summed E-state index contributed by atoms with van der Waals surface area (Å²) >= 11 is 0. The van der Waals surface area contributed by atoms with Crippen molar-refractivity contribution < 1.29 is 0 Å². The van der Waals surface area contributed by atoms with E-state index in [4.69, 9.17) is 0 Å². The molecule has 19 heavy (non-hydrogen) atoms. The first-order valence-electron chi connectivity index (χ1n) is 9.05. The molecule has 1 saturated carbocycles. The molecular weight excluding hydrogens is 228 g/mol. The van der Waals surface area contributed by atoms with Crippen molar-refractivity contribution in [1.29, 1.82) is 0 Å². The van der Waals surface area contributed by atoms with Crippen LogP contribution in [0, 0.1) is 11.8 Å². The highest BCUT2D eigenvalue weighted by molar-refractivity contribution is 4.94. The first kappa shape index (κ1) is 16.8. The molecule has 0 amide bonds. The lowest BCUT2D eigenvalue weighted by Gasteiger charge is -2.16. The van der Waals surface area contributed by atoms with Gasteiger partial charge in [0.25, 0.3) is 0 Å². The van der Waals surface area contributed by atoms with Crippen molar-refractivity contribution in [2.24, 2.45) is 11.8 Å². The lowest BCUT2D eigenvalue weighted by Crippen LogP contribution is -2.05. The van der Waals surface area contributed by atoms with Crippen LogP contribution in [0.2, 0.25) is 0 Å². The molecule has 0 aromatic rings. The Morgan fingerprint density at radius 1 is 0.842 bits per heavy atom. The van der Waals surface area contributed by atoms with E-state index in [-0.39, 0.29) is 0 Å². The van der Waals surface area contributed by atoms with E-state index in [0.29, 0.717) is 0 Å². The molecule has 1 fully saturated rings. The maximum absolute atomic E-state index is 2.57. The molecule has 1 aliphatic rings. The van der Waals surface area contributed by atoms with Gasteiger partial charge in [0.2, 0.25) is 0 Å². The molecule has 0 nitrogen and oxygen atoms in total. The summed E-state index contributed by atoms with van der Waals surface area (Å²) in [4.78, 5) is 0. The van der Waals surface area contributed by atoms with Crippen LogP contribution in [0.1, 0.15) is 97.3 Å². The molecule has 0 unspecified atom stereocenters. The lowest BCUT2D eigenvalue weighted by atomic mass is 9.90. The molecule has 0 saturated heterocycles. The molecule has 112 valence electrons. The van der Waals surface area contributed by atoms with Gasteiger partial charge in [-0.1, -0.05) is 77.4 Å². The zero-order chi connectivity index (χ0) is 13.8. The van der Waals surface area contributed by atoms with Crippen molar-refractivity contribution in [3.8, 4) is 0 Å². The highest BCUT2D eigenvalue weighted by Gasteiger charge is 2.24.